The van der Waals surface area contributed by atoms with Crippen molar-refractivity contribution in [3.05, 3.63) is 35.4 Å². The van der Waals surface area contributed by atoms with Crippen molar-refractivity contribution < 1.29 is 4.79 Å². The van der Waals surface area contributed by atoms with Crippen molar-refractivity contribution in [3.8, 4) is 0 Å². The Balaban J connectivity index is 1.34. The number of rotatable bonds is 6. The third kappa shape index (κ3) is 3.40. The van der Waals surface area contributed by atoms with Crippen LogP contribution in [0.1, 0.15) is 49.1 Å². The van der Waals surface area contributed by atoms with E-state index in [2.05, 4.69) is 41.8 Å². The van der Waals surface area contributed by atoms with E-state index in [9.17, 15) is 4.79 Å². The molecule has 3 heteroatoms. The lowest BCUT2D eigenvalue weighted by Gasteiger charge is -2.37. The third-order valence-electron chi connectivity index (χ3n) is 4.49. The number of aryl methyl sites for hydroxylation is 1. The summed E-state index contributed by atoms with van der Waals surface area (Å²) in [6.07, 6.45) is 5.35. The molecule has 0 unspecified atom stereocenters. The van der Waals surface area contributed by atoms with Crippen molar-refractivity contribution in [2.75, 3.05) is 6.54 Å². The average Bonchev–Trinajstić information content (AvgIpc) is 3.17. The Morgan fingerprint density at radius 3 is 2.65 bits per heavy atom. The molecule has 0 aromatic heterocycles. The number of carbonyl (C=O) groups is 1. The highest BCUT2D eigenvalue weighted by Gasteiger charge is 2.30. The first kappa shape index (κ1) is 13.6. The molecule has 0 saturated heterocycles. The first-order chi connectivity index (χ1) is 9.72. The predicted octanol–water partition coefficient (Wildman–Crippen LogP) is 2.50. The molecular formula is C17H24N2O. The summed E-state index contributed by atoms with van der Waals surface area (Å²) in [5, 5.41) is 6.53. The Hall–Kier alpha value is -1.35. The zero-order valence-electron chi connectivity index (χ0n) is 12.2. The summed E-state index contributed by atoms with van der Waals surface area (Å²) in [7, 11) is 0. The molecule has 2 fully saturated rings. The van der Waals surface area contributed by atoms with Gasteiger partial charge in [0.25, 0.3) is 0 Å². The summed E-state index contributed by atoms with van der Waals surface area (Å²) in [4.78, 5) is 11.6. The zero-order valence-corrected chi connectivity index (χ0v) is 12.2. The van der Waals surface area contributed by atoms with Crippen molar-refractivity contribution in [2.45, 2.75) is 57.0 Å². The Labute approximate surface area is 121 Å². The first-order valence-corrected chi connectivity index (χ1v) is 7.80. The van der Waals surface area contributed by atoms with Crippen LogP contribution in [0.25, 0.3) is 0 Å². The van der Waals surface area contributed by atoms with Gasteiger partial charge in [-0.15, -0.1) is 0 Å². The van der Waals surface area contributed by atoms with Crippen LogP contribution in [0.3, 0.4) is 0 Å². The predicted molar refractivity (Wildman–Crippen MR) is 80.7 cm³/mol. The fourth-order valence-electron chi connectivity index (χ4n) is 3.00. The third-order valence-corrected chi connectivity index (χ3v) is 4.49. The van der Waals surface area contributed by atoms with E-state index in [4.69, 9.17) is 0 Å². The standard InChI is InChI=1S/C17H24N2O/c1-12-4-2-3-5-16(12)13-10-15(11-13)18-9-8-17(20)19-14-6-7-14/h2-5,13-15,18H,6-11H2,1H3,(H,19,20). The molecule has 3 rings (SSSR count). The molecule has 1 amide bonds. The Morgan fingerprint density at radius 2 is 1.95 bits per heavy atom. The number of carbonyl (C=O) groups excluding carboxylic acids is 1. The quantitative estimate of drug-likeness (QED) is 0.835. The summed E-state index contributed by atoms with van der Waals surface area (Å²) in [6, 6.07) is 9.75. The second-order valence-corrected chi connectivity index (χ2v) is 6.27. The van der Waals surface area contributed by atoms with Gasteiger partial charge < -0.3 is 10.6 Å². The van der Waals surface area contributed by atoms with E-state index in [-0.39, 0.29) is 5.91 Å². The highest BCUT2D eigenvalue weighted by Crippen LogP contribution is 2.38. The summed E-state index contributed by atoms with van der Waals surface area (Å²) in [6.45, 7) is 3.00. The molecule has 1 aromatic rings. The van der Waals surface area contributed by atoms with E-state index in [1.54, 1.807) is 0 Å². The Bertz CT molecular complexity index is 476. The van der Waals surface area contributed by atoms with Crippen LogP contribution in [0, 0.1) is 6.92 Å². The maximum Gasteiger partial charge on any atom is 0.221 e. The highest BCUT2D eigenvalue weighted by atomic mass is 16.1. The number of nitrogens with one attached hydrogen (secondary N) is 2. The van der Waals surface area contributed by atoms with Crippen molar-refractivity contribution in [1.29, 1.82) is 0 Å². The molecule has 0 atom stereocenters. The van der Waals surface area contributed by atoms with Crippen LogP contribution in [0.5, 0.6) is 0 Å². The minimum absolute atomic E-state index is 0.203. The number of hydrogen-bond acceptors (Lipinski definition) is 2. The van der Waals surface area contributed by atoms with Crippen LogP contribution in [-0.4, -0.2) is 24.5 Å². The molecule has 0 aliphatic heterocycles. The van der Waals surface area contributed by atoms with Crippen molar-refractivity contribution in [3.63, 3.8) is 0 Å². The SMILES string of the molecule is Cc1ccccc1C1CC(NCCC(=O)NC2CC2)C1. The monoisotopic (exact) mass is 272 g/mol. The van der Waals surface area contributed by atoms with E-state index in [1.807, 2.05) is 0 Å². The van der Waals surface area contributed by atoms with Crippen molar-refractivity contribution >= 4 is 5.91 Å². The van der Waals surface area contributed by atoms with E-state index in [0.29, 0.717) is 24.4 Å². The summed E-state index contributed by atoms with van der Waals surface area (Å²) >= 11 is 0. The molecule has 0 bridgehead atoms. The van der Waals surface area contributed by atoms with Crippen LogP contribution in [0.4, 0.5) is 0 Å². The molecule has 0 radical (unpaired) electrons. The lowest BCUT2D eigenvalue weighted by molar-refractivity contribution is -0.121. The van der Waals surface area contributed by atoms with Gasteiger partial charge in [-0.25, -0.2) is 0 Å². The number of benzene rings is 1. The van der Waals surface area contributed by atoms with Gasteiger partial charge in [-0.1, -0.05) is 24.3 Å². The molecule has 1 aromatic carbocycles. The van der Waals surface area contributed by atoms with Gasteiger partial charge in [-0.2, -0.15) is 0 Å². The number of hydrogen-bond donors (Lipinski definition) is 2. The largest absolute Gasteiger partial charge is 0.353 e. The van der Waals surface area contributed by atoms with Crippen LogP contribution in [0.2, 0.25) is 0 Å². The zero-order chi connectivity index (χ0) is 13.9. The van der Waals surface area contributed by atoms with Crippen molar-refractivity contribution in [1.82, 2.24) is 10.6 Å². The van der Waals surface area contributed by atoms with E-state index < -0.39 is 0 Å². The van der Waals surface area contributed by atoms with E-state index in [1.165, 1.54) is 36.8 Å². The van der Waals surface area contributed by atoms with Gasteiger partial charge >= 0.3 is 0 Å². The maximum atomic E-state index is 11.6. The summed E-state index contributed by atoms with van der Waals surface area (Å²) in [5.74, 6) is 0.906. The van der Waals surface area contributed by atoms with E-state index in [0.717, 1.165) is 6.54 Å². The highest BCUT2D eigenvalue weighted by molar-refractivity contribution is 5.76. The second kappa shape index (κ2) is 5.96. The molecule has 108 valence electrons. The average molecular weight is 272 g/mol. The normalized spacial score (nSPS) is 25.1. The van der Waals surface area contributed by atoms with Gasteiger partial charge in [0.05, 0.1) is 0 Å². The minimum atomic E-state index is 0.203. The lowest BCUT2D eigenvalue weighted by Crippen LogP contribution is -2.42. The first-order valence-electron chi connectivity index (χ1n) is 7.80. The topological polar surface area (TPSA) is 41.1 Å². The second-order valence-electron chi connectivity index (χ2n) is 6.27. The van der Waals surface area contributed by atoms with Crippen LogP contribution < -0.4 is 10.6 Å². The Kier molecular flexibility index (Phi) is 4.06. The molecule has 0 heterocycles. The molecule has 2 N–H and O–H groups in total. The molecule has 3 nitrogen and oxygen atoms in total. The van der Waals surface area contributed by atoms with Gasteiger partial charge in [-0.3, -0.25) is 4.79 Å². The summed E-state index contributed by atoms with van der Waals surface area (Å²) < 4.78 is 0. The molecule has 2 aliphatic carbocycles. The Morgan fingerprint density at radius 1 is 1.20 bits per heavy atom. The smallest absolute Gasteiger partial charge is 0.221 e. The van der Waals surface area contributed by atoms with Gasteiger partial charge in [0.1, 0.15) is 0 Å². The molecular weight excluding hydrogens is 248 g/mol. The molecule has 20 heavy (non-hydrogen) atoms. The van der Waals surface area contributed by atoms with Crippen LogP contribution >= 0.6 is 0 Å². The fourth-order valence-corrected chi connectivity index (χ4v) is 3.00. The molecule has 0 spiro atoms. The van der Waals surface area contributed by atoms with Gasteiger partial charge in [0.2, 0.25) is 5.91 Å². The minimum Gasteiger partial charge on any atom is -0.353 e. The van der Waals surface area contributed by atoms with Crippen LogP contribution in [0.15, 0.2) is 24.3 Å². The van der Waals surface area contributed by atoms with E-state index >= 15 is 0 Å². The van der Waals surface area contributed by atoms with Gasteiger partial charge in [-0.05, 0) is 49.7 Å². The fraction of sp³-hybridized carbons (Fsp3) is 0.588. The number of amides is 1. The van der Waals surface area contributed by atoms with Crippen molar-refractivity contribution in [2.24, 2.45) is 0 Å². The molecule has 2 saturated carbocycles. The molecule has 2 aliphatic rings. The van der Waals surface area contributed by atoms with Gasteiger partial charge in [0, 0.05) is 25.0 Å². The van der Waals surface area contributed by atoms with Gasteiger partial charge in [0.15, 0.2) is 0 Å². The summed E-state index contributed by atoms with van der Waals surface area (Å²) in [5.41, 5.74) is 2.90. The van der Waals surface area contributed by atoms with Crippen LogP contribution in [-0.2, 0) is 4.79 Å². The lowest BCUT2D eigenvalue weighted by atomic mass is 9.74. The maximum absolute atomic E-state index is 11.6.